The maximum atomic E-state index is 11.8. The minimum Gasteiger partial charge on any atom is -0.467 e. The first-order valence-corrected chi connectivity index (χ1v) is 12.4. The van der Waals surface area contributed by atoms with Crippen LogP contribution in [0.25, 0.3) is 0 Å². The van der Waals surface area contributed by atoms with Crippen LogP contribution in [0.3, 0.4) is 0 Å². The number of hydrogen-bond acceptors (Lipinski definition) is 4. The third-order valence-corrected chi connectivity index (χ3v) is 5.25. The fourth-order valence-corrected chi connectivity index (χ4v) is 2.64. The van der Waals surface area contributed by atoms with Crippen molar-refractivity contribution in [3.63, 3.8) is 0 Å². The standard InChI is InChI=1S/C19H36O4Si/c1-16(2)9-8-10-17(3)11-12-23-18(19(20)21-4)15-22-13-14-24(5,6)7/h9,11,18H,8,10,12-15H2,1-7H3/b17-11-. The molecule has 0 aliphatic rings. The Kier molecular flexibility index (Phi) is 12.0. The molecule has 0 fully saturated rings. The van der Waals surface area contributed by atoms with Crippen LogP contribution in [0.2, 0.25) is 25.7 Å². The lowest BCUT2D eigenvalue weighted by Crippen LogP contribution is -2.32. The molecule has 0 amide bonds. The van der Waals surface area contributed by atoms with Crippen molar-refractivity contribution in [2.24, 2.45) is 0 Å². The lowest BCUT2D eigenvalue weighted by Gasteiger charge is -2.18. The summed E-state index contributed by atoms with van der Waals surface area (Å²) in [5, 5.41) is 0. The molecule has 0 bridgehead atoms. The monoisotopic (exact) mass is 356 g/mol. The van der Waals surface area contributed by atoms with Crippen LogP contribution >= 0.6 is 0 Å². The lowest BCUT2D eigenvalue weighted by atomic mass is 10.1. The predicted octanol–water partition coefficient (Wildman–Crippen LogP) is 4.59. The first-order valence-electron chi connectivity index (χ1n) is 8.72. The van der Waals surface area contributed by atoms with Crippen molar-refractivity contribution in [2.75, 3.05) is 26.9 Å². The Bertz CT molecular complexity index is 418. The highest BCUT2D eigenvalue weighted by Crippen LogP contribution is 2.09. The third kappa shape index (κ3) is 13.5. The van der Waals surface area contributed by atoms with Crippen LogP contribution in [0.5, 0.6) is 0 Å². The van der Waals surface area contributed by atoms with Crippen LogP contribution in [-0.2, 0) is 19.0 Å². The molecular weight excluding hydrogens is 320 g/mol. The molecule has 1 unspecified atom stereocenters. The fourth-order valence-electron chi connectivity index (χ4n) is 1.88. The van der Waals surface area contributed by atoms with Gasteiger partial charge in [0.1, 0.15) is 0 Å². The second-order valence-electron chi connectivity index (χ2n) is 7.60. The highest BCUT2D eigenvalue weighted by atomic mass is 28.3. The second-order valence-corrected chi connectivity index (χ2v) is 13.2. The summed E-state index contributed by atoms with van der Waals surface area (Å²) in [7, 11) is 0.254. The molecular formula is C19H36O4Si. The predicted molar refractivity (Wildman–Crippen MR) is 103 cm³/mol. The number of hydrogen-bond donors (Lipinski definition) is 0. The van der Waals surface area contributed by atoms with E-state index in [0.717, 1.165) is 18.9 Å². The van der Waals surface area contributed by atoms with Gasteiger partial charge in [0.25, 0.3) is 0 Å². The molecule has 1 atom stereocenters. The first kappa shape index (κ1) is 23.1. The van der Waals surface area contributed by atoms with E-state index in [1.807, 2.05) is 6.08 Å². The van der Waals surface area contributed by atoms with E-state index in [-0.39, 0.29) is 12.6 Å². The van der Waals surface area contributed by atoms with E-state index in [1.54, 1.807) is 0 Å². The van der Waals surface area contributed by atoms with E-state index in [9.17, 15) is 4.79 Å². The van der Waals surface area contributed by atoms with Gasteiger partial charge in [0.2, 0.25) is 0 Å². The Balaban J connectivity index is 4.24. The molecule has 0 N–H and O–H groups in total. The molecule has 0 spiro atoms. The molecule has 4 nitrogen and oxygen atoms in total. The van der Waals surface area contributed by atoms with Gasteiger partial charge in [-0.1, -0.05) is 42.9 Å². The van der Waals surface area contributed by atoms with Gasteiger partial charge >= 0.3 is 5.97 Å². The van der Waals surface area contributed by atoms with Crippen LogP contribution in [0.1, 0.15) is 33.6 Å². The van der Waals surface area contributed by atoms with Crippen molar-refractivity contribution in [1.29, 1.82) is 0 Å². The van der Waals surface area contributed by atoms with E-state index in [0.29, 0.717) is 13.2 Å². The van der Waals surface area contributed by atoms with Crippen LogP contribution in [0.4, 0.5) is 0 Å². The number of ether oxygens (including phenoxy) is 3. The van der Waals surface area contributed by atoms with Crippen molar-refractivity contribution in [2.45, 2.75) is 65.4 Å². The minimum atomic E-state index is -1.12. The molecule has 0 aromatic carbocycles. The summed E-state index contributed by atoms with van der Waals surface area (Å²) in [6.07, 6.45) is 5.63. The average Bonchev–Trinajstić information content (AvgIpc) is 2.47. The van der Waals surface area contributed by atoms with Crippen molar-refractivity contribution in [3.8, 4) is 0 Å². The van der Waals surface area contributed by atoms with E-state index >= 15 is 0 Å². The topological polar surface area (TPSA) is 44.8 Å². The summed E-state index contributed by atoms with van der Waals surface area (Å²) in [4.78, 5) is 11.8. The number of carbonyl (C=O) groups excluding carboxylic acids is 1. The summed E-state index contributed by atoms with van der Waals surface area (Å²) in [6, 6.07) is 1.07. The summed E-state index contributed by atoms with van der Waals surface area (Å²) in [5.74, 6) is -0.376. The quantitative estimate of drug-likeness (QED) is 0.222. The van der Waals surface area contributed by atoms with Gasteiger partial charge < -0.3 is 14.2 Å². The van der Waals surface area contributed by atoms with Crippen molar-refractivity contribution < 1.29 is 19.0 Å². The molecule has 0 saturated heterocycles. The summed E-state index contributed by atoms with van der Waals surface area (Å²) >= 11 is 0. The average molecular weight is 357 g/mol. The van der Waals surface area contributed by atoms with Gasteiger partial charge in [0.15, 0.2) is 6.10 Å². The van der Waals surface area contributed by atoms with Gasteiger partial charge in [0.05, 0.1) is 20.3 Å². The molecule has 0 radical (unpaired) electrons. The second kappa shape index (κ2) is 12.4. The SMILES string of the molecule is COC(=O)C(COCC[Si](C)(C)C)OC/C=C(/C)CCC=C(C)C. The molecule has 0 aliphatic heterocycles. The van der Waals surface area contributed by atoms with Crippen molar-refractivity contribution in [1.82, 2.24) is 0 Å². The van der Waals surface area contributed by atoms with Crippen molar-refractivity contribution in [3.05, 3.63) is 23.3 Å². The number of allylic oxidation sites excluding steroid dienone is 3. The number of rotatable bonds is 12. The summed E-state index contributed by atoms with van der Waals surface area (Å²) in [5.41, 5.74) is 2.59. The van der Waals surface area contributed by atoms with E-state index < -0.39 is 14.2 Å². The maximum absolute atomic E-state index is 11.8. The number of esters is 1. The summed E-state index contributed by atoms with van der Waals surface area (Å²) in [6.45, 7) is 14.5. The highest BCUT2D eigenvalue weighted by Gasteiger charge is 2.20. The molecule has 24 heavy (non-hydrogen) atoms. The van der Waals surface area contributed by atoms with E-state index in [2.05, 4.69) is 46.5 Å². The number of carbonyl (C=O) groups is 1. The zero-order valence-corrected chi connectivity index (χ0v) is 17.6. The zero-order chi connectivity index (χ0) is 18.6. The Labute approximate surface area is 149 Å². The van der Waals surface area contributed by atoms with Crippen molar-refractivity contribution >= 4 is 14.0 Å². The molecule has 0 rings (SSSR count). The van der Waals surface area contributed by atoms with Gasteiger partial charge in [0, 0.05) is 14.7 Å². The Hall–Kier alpha value is -0.913. The molecule has 0 heterocycles. The van der Waals surface area contributed by atoms with Gasteiger partial charge in [-0.25, -0.2) is 4.79 Å². The van der Waals surface area contributed by atoms with E-state index in [4.69, 9.17) is 14.2 Å². The largest absolute Gasteiger partial charge is 0.467 e. The van der Waals surface area contributed by atoms with Crippen LogP contribution in [0, 0.1) is 0 Å². The van der Waals surface area contributed by atoms with Crippen LogP contribution in [0.15, 0.2) is 23.3 Å². The summed E-state index contributed by atoms with van der Waals surface area (Å²) < 4.78 is 16.1. The fraction of sp³-hybridized carbons (Fsp3) is 0.737. The van der Waals surface area contributed by atoms with Gasteiger partial charge in [-0.05, 0) is 39.7 Å². The number of methoxy groups -OCH3 is 1. The van der Waals surface area contributed by atoms with Crippen LogP contribution < -0.4 is 0 Å². The third-order valence-electron chi connectivity index (χ3n) is 3.55. The van der Waals surface area contributed by atoms with Gasteiger partial charge in [-0.3, -0.25) is 0 Å². The smallest absolute Gasteiger partial charge is 0.337 e. The highest BCUT2D eigenvalue weighted by molar-refractivity contribution is 6.76. The lowest BCUT2D eigenvalue weighted by molar-refractivity contribution is -0.157. The molecule has 0 aliphatic carbocycles. The van der Waals surface area contributed by atoms with Gasteiger partial charge in [-0.2, -0.15) is 0 Å². The Morgan fingerprint density at radius 3 is 2.33 bits per heavy atom. The van der Waals surface area contributed by atoms with Gasteiger partial charge in [-0.15, -0.1) is 0 Å². The van der Waals surface area contributed by atoms with E-state index in [1.165, 1.54) is 18.3 Å². The normalized spacial score (nSPS) is 13.5. The first-order chi connectivity index (χ1) is 11.2. The molecule has 5 heteroatoms. The maximum Gasteiger partial charge on any atom is 0.337 e. The molecule has 140 valence electrons. The van der Waals surface area contributed by atoms with Crippen LogP contribution in [-0.4, -0.2) is 47.1 Å². The molecule has 0 aromatic heterocycles. The molecule has 0 aromatic rings. The molecule has 0 saturated carbocycles. The zero-order valence-electron chi connectivity index (χ0n) is 16.6. The Morgan fingerprint density at radius 2 is 1.79 bits per heavy atom. The minimum absolute atomic E-state index is 0.252. The Morgan fingerprint density at radius 1 is 1.12 bits per heavy atom.